The molecule has 11 heteroatoms. The Balaban J connectivity index is 2.13. The molecule has 0 aromatic heterocycles. The predicted molar refractivity (Wildman–Crippen MR) is 68.7 cm³/mol. The van der Waals surface area contributed by atoms with Crippen molar-refractivity contribution in [2.24, 2.45) is 0 Å². The topological polar surface area (TPSA) is 201 Å². The van der Waals surface area contributed by atoms with Crippen molar-refractivity contribution < 1.29 is 55.4 Å². The normalized spacial score (nSPS) is 54.9. The van der Waals surface area contributed by atoms with E-state index in [1.807, 2.05) is 0 Å². The van der Waals surface area contributed by atoms with Crippen molar-refractivity contribution in [3.63, 3.8) is 0 Å². The summed E-state index contributed by atoms with van der Waals surface area (Å²) < 4.78 is 10.2. The summed E-state index contributed by atoms with van der Waals surface area (Å²) in [6.07, 6.45) is -18.9. The minimum Gasteiger partial charge on any atom is -0.394 e. The predicted octanol–water partition coefficient (Wildman–Crippen LogP) is -6.01. The summed E-state index contributed by atoms with van der Waals surface area (Å²) in [6, 6.07) is 0. The molecule has 0 radical (unpaired) electrons. The van der Waals surface area contributed by atoms with Gasteiger partial charge >= 0.3 is 0 Å². The van der Waals surface area contributed by atoms with Gasteiger partial charge in [-0.05, 0) is 0 Å². The zero-order chi connectivity index (χ0) is 17.5. The molecule has 2 rings (SSSR count). The quantitative estimate of drug-likeness (QED) is 0.236. The minimum atomic E-state index is -1.83. The fourth-order valence-electron chi connectivity index (χ4n) is 2.69. The standard InChI is InChI=1S/C12H22O11/c13-1-2-3(14)4(15)10(21)12(22-2)23-11-8(19)6(17)5(16)7(18)9(11)20/h2-21H,1H2/t2-,3+,4-,5-,6+,7+,8+,9+,10-,11-,12-/m0/s1. The molecule has 0 amide bonds. The Morgan fingerprint density at radius 3 is 1.52 bits per heavy atom. The average molecular weight is 342 g/mol. The lowest BCUT2D eigenvalue weighted by Crippen LogP contribution is -2.67. The first-order chi connectivity index (χ1) is 10.7. The summed E-state index contributed by atoms with van der Waals surface area (Å²) in [6.45, 7) is -0.704. The monoisotopic (exact) mass is 342 g/mol. The fourth-order valence-corrected chi connectivity index (χ4v) is 2.69. The van der Waals surface area contributed by atoms with Crippen LogP contribution in [0.1, 0.15) is 0 Å². The highest BCUT2D eigenvalue weighted by Gasteiger charge is 2.52. The molecule has 0 bridgehead atoms. The Morgan fingerprint density at radius 2 is 1.04 bits per heavy atom. The first-order valence-corrected chi connectivity index (χ1v) is 7.07. The van der Waals surface area contributed by atoms with Crippen molar-refractivity contribution in [3.8, 4) is 0 Å². The summed E-state index contributed by atoms with van der Waals surface area (Å²) in [5.74, 6) is 0. The Morgan fingerprint density at radius 1 is 0.609 bits per heavy atom. The SMILES string of the molecule is OC[C@@H]1O[C@@H](O[C@H]2[C@H](O)[C@H](O)[C@H](O)[C@@H](O)[C@H]2O)[C@@H](O)[C@@H](O)[C@@H]1O. The van der Waals surface area contributed by atoms with Gasteiger partial charge in [0.15, 0.2) is 6.29 Å². The van der Waals surface area contributed by atoms with Gasteiger partial charge < -0.3 is 55.4 Å². The Bertz CT molecular complexity index is 377. The van der Waals surface area contributed by atoms with Crippen molar-refractivity contribution in [1.82, 2.24) is 0 Å². The van der Waals surface area contributed by atoms with Crippen molar-refractivity contribution >= 4 is 0 Å². The largest absolute Gasteiger partial charge is 0.394 e. The van der Waals surface area contributed by atoms with E-state index in [1.54, 1.807) is 0 Å². The molecule has 1 saturated heterocycles. The van der Waals surface area contributed by atoms with Gasteiger partial charge in [0.2, 0.25) is 0 Å². The van der Waals surface area contributed by atoms with E-state index in [9.17, 15) is 40.9 Å². The molecule has 2 fully saturated rings. The third-order valence-electron chi connectivity index (χ3n) is 4.21. The maximum atomic E-state index is 9.85. The molecule has 9 N–H and O–H groups in total. The average Bonchev–Trinajstić information content (AvgIpc) is 2.54. The minimum absolute atomic E-state index is 0.704. The van der Waals surface area contributed by atoms with Gasteiger partial charge in [0.05, 0.1) is 6.61 Å². The molecule has 1 heterocycles. The van der Waals surface area contributed by atoms with Crippen LogP contribution in [0.25, 0.3) is 0 Å². The van der Waals surface area contributed by atoms with E-state index in [-0.39, 0.29) is 0 Å². The lowest BCUT2D eigenvalue weighted by molar-refractivity contribution is -0.339. The van der Waals surface area contributed by atoms with Gasteiger partial charge in [-0.25, -0.2) is 0 Å². The van der Waals surface area contributed by atoms with Crippen LogP contribution in [0, 0.1) is 0 Å². The van der Waals surface area contributed by atoms with Crippen molar-refractivity contribution in [3.05, 3.63) is 0 Å². The molecule has 1 aliphatic heterocycles. The third-order valence-corrected chi connectivity index (χ3v) is 4.21. The zero-order valence-corrected chi connectivity index (χ0v) is 11.9. The maximum absolute atomic E-state index is 9.85. The summed E-state index contributed by atoms with van der Waals surface area (Å²) in [5, 5.41) is 86.6. The number of aliphatic hydroxyl groups excluding tert-OH is 9. The third kappa shape index (κ3) is 3.36. The highest BCUT2D eigenvalue weighted by atomic mass is 16.7. The molecule has 0 spiro atoms. The summed E-state index contributed by atoms with van der Waals surface area (Å²) >= 11 is 0. The lowest BCUT2D eigenvalue weighted by atomic mass is 9.84. The van der Waals surface area contributed by atoms with E-state index in [0.29, 0.717) is 0 Å². The van der Waals surface area contributed by atoms with Crippen molar-refractivity contribution in [1.29, 1.82) is 0 Å². The second-order valence-corrected chi connectivity index (χ2v) is 5.75. The molecule has 136 valence electrons. The molecule has 1 aliphatic carbocycles. The van der Waals surface area contributed by atoms with Crippen LogP contribution in [0.3, 0.4) is 0 Å². The zero-order valence-electron chi connectivity index (χ0n) is 11.9. The Labute approximate surface area is 130 Å². The van der Waals surface area contributed by atoms with Gasteiger partial charge in [0.25, 0.3) is 0 Å². The van der Waals surface area contributed by atoms with E-state index in [0.717, 1.165) is 0 Å². The summed E-state index contributed by atoms with van der Waals surface area (Å²) in [5.41, 5.74) is 0. The Kier molecular flexibility index (Phi) is 5.92. The molecular weight excluding hydrogens is 320 g/mol. The number of aliphatic hydroxyl groups is 9. The van der Waals surface area contributed by atoms with Crippen LogP contribution in [0.4, 0.5) is 0 Å². The van der Waals surface area contributed by atoms with E-state index >= 15 is 0 Å². The Hall–Kier alpha value is -0.440. The summed E-state index contributed by atoms with van der Waals surface area (Å²) in [7, 11) is 0. The maximum Gasteiger partial charge on any atom is 0.187 e. The number of rotatable bonds is 3. The molecule has 2 aliphatic rings. The molecule has 0 unspecified atom stereocenters. The number of hydrogen-bond donors (Lipinski definition) is 9. The van der Waals surface area contributed by atoms with Gasteiger partial charge in [-0.1, -0.05) is 0 Å². The van der Waals surface area contributed by atoms with Gasteiger partial charge in [0.1, 0.15) is 61.0 Å². The molecule has 1 saturated carbocycles. The molecule has 23 heavy (non-hydrogen) atoms. The molecule has 0 aromatic carbocycles. The van der Waals surface area contributed by atoms with Crippen LogP contribution < -0.4 is 0 Å². The molecule has 0 aromatic rings. The van der Waals surface area contributed by atoms with Crippen LogP contribution in [0.2, 0.25) is 0 Å². The van der Waals surface area contributed by atoms with Gasteiger partial charge in [0, 0.05) is 0 Å². The number of hydrogen-bond acceptors (Lipinski definition) is 11. The van der Waals surface area contributed by atoms with Gasteiger partial charge in [-0.3, -0.25) is 0 Å². The van der Waals surface area contributed by atoms with Crippen LogP contribution in [0.15, 0.2) is 0 Å². The molecule has 9 atom stereocenters. The smallest absolute Gasteiger partial charge is 0.187 e. The van der Waals surface area contributed by atoms with Crippen LogP contribution >= 0.6 is 0 Å². The molecular formula is C12H22O11. The number of ether oxygens (including phenoxy) is 2. The highest BCUT2D eigenvalue weighted by molar-refractivity contribution is 5.00. The fraction of sp³-hybridized carbons (Fsp3) is 1.00. The first kappa shape index (κ1) is 18.9. The van der Waals surface area contributed by atoms with Crippen LogP contribution in [0.5, 0.6) is 0 Å². The van der Waals surface area contributed by atoms with E-state index in [2.05, 4.69) is 0 Å². The van der Waals surface area contributed by atoms with Crippen molar-refractivity contribution in [2.45, 2.75) is 67.3 Å². The molecule has 11 nitrogen and oxygen atoms in total. The van der Waals surface area contributed by atoms with E-state index < -0.39 is 73.9 Å². The van der Waals surface area contributed by atoms with E-state index in [1.165, 1.54) is 0 Å². The van der Waals surface area contributed by atoms with Gasteiger partial charge in [-0.2, -0.15) is 0 Å². The van der Waals surface area contributed by atoms with Crippen LogP contribution in [-0.2, 0) is 9.47 Å². The summed E-state index contributed by atoms with van der Waals surface area (Å²) in [4.78, 5) is 0. The van der Waals surface area contributed by atoms with E-state index in [4.69, 9.17) is 14.6 Å². The second kappa shape index (κ2) is 7.21. The first-order valence-electron chi connectivity index (χ1n) is 7.07. The lowest BCUT2D eigenvalue weighted by Gasteiger charge is -2.45. The van der Waals surface area contributed by atoms with Crippen LogP contribution in [-0.4, -0.2) is 120 Å². The second-order valence-electron chi connectivity index (χ2n) is 5.75. The van der Waals surface area contributed by atoms with Gasteiger partial charge in [-0.15, -0.1) is 0 Å². The highest BCUT2D eigenvalue weighted by Crippen LogP contribution is 2.29. The van der Waals surface area contributed by atoms with Crippen molar-refractivity contribution in [2.75, 3.05) is 6.61 Å².